The van der Waals surface area contributed by atoms with E-state index >= 15 is 0 Å². The van der Waals surface area contributed by atoms with Crippen molar-refractivity contribution >= 4 is 12.1 Å². The van der Waals surface area contributed by atoms with E-state index in [2.05, 4.69) is 10.5 Å². The Bertz CT molecular complexity index is 772. The number of aryl methyl sites for hydroxylation is 2. The summed E-state index contributed by atoms with van der Waals surface area (Å²) in [4.78, 5) is 11.9. The maximum atomic E-state index is 11.9. The minimum Gasteiger partial charge on any atom is -0.497 e. The molecule has 0 atom stereocenters. The fourth-order valence-corrected chi connectivity index (χ4v) is 2.25. The molecule has 0 saturated heterocycles. The lowest BCUT2D eigenvalue weighted by Crippen LogP contribution is -2.24. The summed E-state index contributed by atoms with van der Waals surface area (Å²) in [6, 6.07) is 11.1. The molecule has 2 aromatic carbocycles. The highest BCUT2D eigenvalue weighted by atomic mass is 16.5. The van der Waals surface area contributed by atoms with Crippen molar-refractivity contribution < 1.29 is 19.0 Å². The molecule has 0 aromatic heterocycles. The second-order valence-corrected chi connectivity index (χ2v) is 5.46. The zero-order valence-corrected chi connectivity index (χ0v) is 14.8. The SMILES string of the molecule is COc1ccc(OC)c(C=NNC(=O)COc2ccc(C)cc2C)c1. The topological polar surface area (TPSA) is 69.2 Å². The molecule has 2 rings (SSSR count). The molecule has 0 aliphatic rings. The highest BCUT2D eigenvalue weighted by molar-refractivity contribution is 5.86. The molecule has 0 radical (unpaired) electrons. The monoisotopic (exact) mass is 342 g/mol. The molecule has 132 valence electrons. The predicted molar refractivity (Wildman–Crippen MR) is 96.7 cm³/mol. The first-order chi connectivity index (χ1) is 12.0. The minimum atomic E-state index is -0.349. The lowest BCUT2D eigenvalue weighted by atomic mass is 10.1. The lowest BCUT2D eigenvalue weighted by Gasteiger charge is -2.09. The van der Waals surface area contributed by atoms with Gasteiger partial charge in [-0.3, -0.25) is 4.79 Å². The van der Waals surface area contributed by atoms with E-state index in [1.807, 2.05) is 32.0 Å². The van der Waals surface area contributed by atoms with E-state index in [0.717, 1.165) is 11.1 Å². The molecule has 6 heteroatoms. The van der Waals surface area contributed by atoms with E-state index in [4.69, 9.17) is 14.2 Å². The van der Waals surface area contributed by atoms with Crippen LogP contribution in [0.25, 0.3) is 0 Å². The van der Waals surface area contributed by atoms with Crippen LogP contribution in [0.1, 0.15) is 16.7 Å². The van der Waals surface area contributed by atoms with Gasteiger partial charge in [-0.05, 0) is 43.7 Å². The first kappa shape index (κ1) is 18.3. The molecule has 0 aliphatic heterocycles. The van der Waals surface area contributed by atoms with Crippen molar-refractivity contribution in [1.82, 2.24) is 5.43 Å². The largest absolute Gasteiger partial charge is 0.497 e. The molecule has 0 fully saturated rings. The van der Waals surface area contributed by atoms with E-state index in [-0.39, 0.29) is 12.5 Å². The van der Waals surface area contributed by atoms with Gasteiger partial charge in [0.25, 0.3) is 5.91 Å². The number of carbonyl (C=O) groups is 1. The van der Waals surface area contributed by atoms with Crippen molar-refractivity contribution in [2.45, 2.75) is 13.8 Å². The molecule has 25 heavy (non-hydrogen) atoms. The highest BCUT2D eigenvalue weighted by Gasteiger charge is 2.05. The van der Waals surface area contributed by atoms with Gasteiger partial charge in [-0.25, -0.2) is 5.43 Å². The third-order valence-electron chi connectivity index (χ3n) is 3.52. The Kier molecular flexibility index (Phi) is 6.39. The molecule has 0 bridgehead atoms. The van der Waals surface area contributed by atoms with Crippen LogP contribution in [-0.4, -0.2) is 32.9 Å². The van der Waals surface area contributed by atoms with Crippen LogP contribution < -0.4 is 19.6 Å². The summed E-state index contributed by atoms with van der Waals surface area (Å²) in [5, 5.41) is 3.93. The summed E-state index contributed by atoms with van der Waals surface area (Å²) >= 11 is 0. The van der Waals surface area contributed by atoms with E-state index in [0.29, 0.717) is 22.8 Å². The normalized spacial score (nSPS) is 10.6. The van der Waals surface area contributed by atoms with Crippen LogP contribution in [0.4, 0.5) is 0 Å². The zero-order valence-electron chi connectivity index (χ0n) is 14.8. The third kappa shape index (κ3) is 5.24. The fourth-order valence-electron chi connectivity index (χ4n) is 2.25. The second-order valence-electron chi connectivity index (χ2n) is 5.46. The molecule has 0 heterocycles. The molecule has 1 N–H and O–H groups in total. The maximum absolute atomic E-state index is 11.9. The number of hydrogen-bond donors (Lipinski definition) is 1. The number of nitrogens with one attached hydrogen (secondary N) is 1. The number of amides is 1. The Hall–Kier alpha value is -3.02. The van der Waals surface area contributed by atoms with Crippen molar-refractivity contribution in [1.29, 1.82) is 0 Å². The molecule has 0 aliphatic carbocycles. The predicted octanol–water partition coefficient (Wildman–Crippen LogP) is 2.85. The molecule has 0 spiro atoms. The first-order valence-electron chi connectivity index (χ1n) is 7.77. The van der Waals surface area contributed by atoms with Gasteiger partial charge in [-0.15, -0.1) is 0 Å². The maximum Gasteiger partial charge on any atom is 0.277 e. The molecule has 0 unspecified atom stereocenters. The summed E-state index contributed by atoms with van der Waals surface area (Å²) in [5.74, 6) is 1.63. The number of rotatable bonds is 7. The van der Waals surface area contributed by atoms with Gasteiger partial charge < -0.3 is 14.2 Å². The Morgan fingerprint density at radius 3 is 2.52 bits per heavy atom. The van der Waals surface area contributed by atoms with Crippen LogP contribution in [0.2, 0.25) is 0 Å². The number of benzene rings is 2. The van der Waals surface area contributed by atoms with Gasteiger partial charge >= 0.3 is 0 Å². The van der Waals surface area contributed by atoms with Crippen molar-refractivity contribution in [2.24, 2.45) is 5.10 Å². The quantitative estimate of drug-likeness (QED) is 0.620. The molecular weight excluding hydrogens is 320 g/mol. The van der Waals surface area contributed by atoms with Crippen molar-refractivity contribution in [3.8, 4) is 17.2 Å². The number of hydrogen-bond acceptors (Lipinski definition) is 5. The Balaban J connectivity index is 1.92. The third-order valence-corrected chi connectivity index (χ3v) is 3.52. The highest BCUT2D eigenvalue weighted by Crippen LogP contribution is 2.22. The second kappa shape index (κ2) is 8.73. The van der Waals surface area contributed by atoms with Gasteiger partial charge in [0.15, 0.2) is 6.61 Å². The van der Waals surface area contributed by atoms with E-state index in [9.17, 15) is 4.79 Å². The smallest absolute Gasteiger partial charge is 0.277 e. The van der Waals surface area contributed by atoms with Crippen LogP contribution >= 0.6 is 0 Å². The molecule has 2 aromatic rings. The van der Waals surface area contributed by atoms with E-state index in [1.54, 1.807) is 32.4 Å². The van der Waals surface area contributed by atoms with Crippen LogP contribution in [0.15, 0.2) is 41.5 Å². The van der Waals surface area contributed by atoms with Crippen molar-refractivity contribution in [2.75, 3.05) is 20.8 Å². The van der Waals surface area contributed by atoms with Crippen LogP contribution in [0.5, 0.6) is 17.2 Å². The standard InChI is InChI=1S/C19H22N2O4/c1-13-5-7-17(14(2)9-13)25-12-19(22)21-20-11-15-10-16(23-3)6-8-18(15)24-4/h5-11H,12H2,1-4H3,(H,21,22). The van der Waals surface area contributed by atoms with Crippen LogP contribution in [-0.2, 0) is 4.79 Å². The number of nitrogens with zero attached hydrogens (tertiary/aromatic N) is 1. The van der Waals surface area contributed by atoms with E-state index < -0.39 is 0 Å². The first-order valence-corrected chi connectivity index (χ1v) is 7.77. The number of methoxy groups -OCH3 is 2. The summed E-state index contributed by atoms with van der Waals surface area (Å²) in [7, 11) is 3.14. The Labute approximate surface area is 147 Å². The fraction of sp³-hybridized carbons (Fsp3) is 0.263. The average molecular weight is 342 g/mol. The van der Waals surface area contributed by atoms with Crippen LogP contribution in [0, 0.1) is 13.8 Å². The van der Waals surface area contributed by atoms with Crippen molar-refractivity contribution in [3.63, 3.8) is 0 Å². The Morgan fingerprint density at radius 2 is 1.84 bits per heavy atom. The van der Waals surface area contributed by atoms with Gasteiger partial charge in [0, 0.05) is 5.56 Å². The molecule has 1 amide bonds. The minimum absolute atomic E-state index is 0.115. The van der Waals surface area contributed by atoms with Gasteiger partial charge in [0.1, 0.15) is 17.2 Å². The van der Waals surface area contributed by atoms with Crippen molar-refractivity contribution in [3.05, 3.63) is 53.1 Å². The van der Waals surface area contributed by atoms with Crippen LogP contribution in [0.3, 0.4) is 0 Å². The van der Waals surface area contributed by atoms with Gasteiger partial charge in [-0.1, -0.05) is 17.7 Å². The molecule has 0 saturated carbocycles. The van der Waals surface area contributed by atoms with Gasteiger partial charge in [0.2, 0.25) is 0 Å². The summed E-state index contributed by atoms with van der Waals surface area (Å²) in [6.07, 6.45) is 1.50. The number of carbonyl (C=O) groups excluding carboxylic acids is 1. The Morgan fingerprint density at radius 1 is 1.08 bits per heavy atom. The number of ether oxygens (including phenoxy) is 3. The zero-order chi connectivity index (χ0) is 18.2. The van der Waals surface area contributed by atoms with Gasteiger partial charge in [0.05, 0.1) is 20.4 Å². The van der Waals surface area contributed by atoms with E-state index in [1.165, 1.54) is 6.21 Å². The molecule has 6 nitrogen and oxygen atoms in total. The summed E-state index contributed by atoms with van der Waals surface area (Å²) in [6.45, 7) is 3.83. The summed E-state index contributed by atoms with van der Waals surface area (Å²) < 4.78 is 15.9. The average Bonchev–Trinajstić information content (AvgIpc) is 2.60. The lowest BCUT2D eigenvalue weighted by molar-refractivity contribution is -0.123. The summed E-state index contributed by atoms with van der Waals surface area (Å²) in [5.41, 5.74) is 5.25. The number of hydrazone groups is 1. The van der Waals surface area contributed by atoms with Gasteiger partial charge in [-0.2, -0.15) is 5.10 Å². The molecular formula is C19H22N2O4.